The number of carbonyl (C=O) groups is 2. The Balaban J connectivity index is 4.06. The summed E-state index contributed by atoms with van der Waals surface area (Å²) in [5.74, 6) is -1.17. The molecule has 0 unspecified atom stereocenters. The van der Waals surface area contributed by atoms with Crippen molar-refractivity contribution in [2.45, 2.75) is 46.6 Å². The van der Waals surface area contributed by atoms with E-state index in [9.17, 15) is 9.59 Å². The Hall–Kier alpha value is -0.900. The lowest BCUT2D eigenvalue weighted by Crippen LogP contribution is -2.31. The van der Waals surface area contributed by atoms with Gasteiger partial charge in [-0.1, -0.05) is 27.2 Å². The molecule has 1 atom stereocenters. The maximum atomic E-state index is 11.2. The second-order valence-electron chi connectivity index (χ2n) is 4.28. The Morgan fingerprint density at radius 1 is 1.43 bits per heavy atom. The SMILES string of the molecule is CCC(C)(C)CC(=O)OC(=O)[C@H](C)N. The molecule has 0 aliphatic heterocycles. The van der Waals surface area contributed by atoms with Crippen molar-refractivity contribution < 1.29 is 14.3 Å². The molecule has 0 aliphatic rings. The Bertz CT molecular complexity index is 221. The molecule has 4 heteroatoms. The zero-order valence-corrected chi connectivity index (χ0v) is 9.29. The fraction of sp³-hybridized carbons (Fsp3) is 0.800. The number of hydrogen-bond acceptors (Lipinski definition) is 4. The predicted octanol–water partition coefficient (Wildman–Crippen LogP) is 1.23. The molecule has 0 aliphatic carbocycles. The summed E-state index contributed by atoms with van der Waals surface area (Å²) in [6.45, 7) is 7.37. The number of hydrogen-bond donors (Lipinski definition) is 1. The topological polar surface area (TPSA) is 69.4 Å². The highest BCUT2D eigenvalue weighted by molar-refractivity contribution is 5.88. The maximum absolute atomic E-state index is 11.2. The molecule has 0 fully saturated rings. The molecular formula is C10H19NO3. The summed E-state index contributed by atoms with van der Waals surface area (Å²) in [5.41, 5.74) is 5.12. The summed E-state index contributed by atoms with van der Waals surface area (Å²) < 4.78 is 4.55. The van der Waals surface area contributed by atoms with E-state index in [1.165, 1.54) is 6.92 Å². The first kappa shape index (κ1) is 13.1. The average molecular weight is 201 g/mol. The molecule has 0 spiro atoms. The van der Waals surface area contributed by atoms with Gasteiger partial charge in [0.15, 0.2) is 0 Å². The lowest BCUT2D eigenvalue weighted by molar-refractivity contribution is -0.161. The number of rotatable bonds is 4. The molecule has 4 nitrogen and oxygen atoms in total. The summed E-state index contributed by atoms with van der Waals surface area (Å²) in [7, 11) is 0. The van der Waals surface area contributed by atoms with Crippen LogP contribution in [0.1, 0.15) is 40.5 Å². The third kappa shape index (κ3) is 4.97. The Kier molecular flexibility index (Phi) is 4.77. The molecular weight excluding hydrogens is 182 g/mol. The molecule has 14 heavy (non-hydrogen) atoms. The van der Waals surface area contributed by atoms with Gasteiger partial charge in [0.05, 0.1) is 6.42 Å². The van der Waals surface area contributed by atoms with Crippen molar-refractivity contribution in [3.63, 3.8) is 0 Å². The molecule has 0 rings (SSSR count). The highest BCUT2D eigenvalue weighted by Crippen LogP contribution is 2.24. The minimum atomic E-state index is -0.747. The molecule has 0 radical (unpaired) electrons. The van der Waals surface area contributed by atoms with Crippen molar-refractivity contribution in [1.29, 1.82) is 0 Å². The van der Waals surface area contributed by atoms with Crippen LogP contribution in [-0.4, -0.2) is 18.0 Å². The van der Waals surface area contributed by atoms with Gasteiger partial charge >= 0.3 is 11.9 Å². The molecule has 82 valence electrons. The van der Waals surface area contributed by atoms with Gasteiger partial charge in [-0.3, -0.25) is 4.79 Å². The first-order chi connectivity index (χ1) is 6.28. The van der Waals surface area contributed by atoms with Crippen LogP contribution in [0.25, 0.3) is 0 Å². The molecule has 0 aromatic heterocycles. The number of ether oxygens (including phenoxy) is 1. The molecule has 0 aromatic carbocycles. The smallest absolute Gasteiger partial charge is 0.330 e. The Labute approximate surface area is 84.8 Å². The van der Waals surface area contributed by atoms with E-state index in [4.69, 9.17) is 5.73 Å². The van der Waals surface area contributed by atoms with Crippen molar-refractivity contribution in [2.75, 3.05) is 0 Å². The fourth-order valence-electron chi connectivity index (χ4n) is 0.757. The normalized spacial score (nSPS) is 13.5. The van der Waals surface area contributed by atoms with E-state index in [-0.39, 0.29) is 11.8 Å². The van der Waals surface area contributed by atoms with Crippen LogP contribution in [-0.2, 0) is 14.3 Å². The molecule has 0 heterocycles. The number of nitrogens with two attached hydrogens (primary N) is 1. The first-order valence-corrected chi connectivity index (χ1v) is 4.78. The zero-order valence-electron chi connectivity index (χ0n) is 9.29. The molecule has 0 amide bonds. The minimum Gasteiger partial charge on any atom is -0.392 e. The van der Waals surface area contributed by atoms with E-state index in [2.05, 4.69) is 4.74 Å². The lowest BCUT2D eigenvalue weighted by Gasteiger charge is -2.20. The molecule has 2 N–H and O–H groups in total. The maximum Gasteiger partial charge on any atom is 0.330 e. The molecule has 0 saturated carbocycles. The van der Waals surface area contributed by atoms with Crippen molar-refractivity contribution in [3.05, 3.63) is 0 Å². The lowest BCUT2D eigenvalue weighted by atomic mass is 9.87. The van der Waals surface area contributed by atoms with Gasteiger partial charge in [0.1, 0.15) is 6.04 Å². The zero-order chi connectivity index (χ0) is 11.4. The molecule has 0 aromatic rings. The van der Waals surface area contributed by atoms with Crippen molar-refractivity contribution in [3.8, 4) is 0 Å². The van der Waals surface area contributed by atoms with Crippen LogP contribution < -0.4 is 5.73 Å². The van der Waals surface area contributed by atoms with Crippen LogP contribution in [0.5, 0.6) is 0 Å². The van der Waals surface area contributed by atoms with Crippen LogP contribution in [0.15, 0.2) is 0 Å². The van der Waals surface area contributed by atoms with Gasteiger partial charge < -0.3 is 10.5 Å². The second kappa shape index (κ2) is 5.10. The van der Waals surface area contributed by atoms with Crippen LogP contribution in [0.4, 0.5) is 0 Å². The third-order valence-electron chi connectivity index (χ3n) is 2.17. The van der Waals surface area contributed by atoms with E-state index in [0.717, 1.165) is 6.42 Å². The van der Waals surface area contributed by atoms with E-state index in [1.54, 1.807) is 0 Å². The number of carbonyl (C=O) groups excluding carboxylic acids is 2. The Morgan fingerprint density at radius 3 is 2.29 bits per heavy atom. The monoisotopic (exact) mass is 201 g/mol. The van der Waals surface area contributed by atoms with Gasteiger partial charge in [-0.15, -0.1) is 0 Å². The van der Waals surface area contributed by atoms with Crippen LogP contribution >= 0.6 is 0 Å². The van der Waals surface area contributed by atoms with Gasteiger partial charge in [0.2, 0.25) is 0 Å². The highest BCUT2D eigenvalue weighted by atomic mass is 16.6. The van der Waals surface area contributed by atoms with Crippen molar-refractivity contribution >= 4 is 11.9 Å². The fourth-order valence-corrected chi connectivity index (χ4v) is 0.757. The van der Waals surface area contributed by atoms with E-state index >= 15 is 0 Å². The predicted molar refractivity (Wildman–Crippen MR) is 53.4 cm³/mol. The minimum absolute atomic E-state index is 0.130. The standard InChI is InChI=1S/C10H19NO3/c1-5-10(3,4)6-8(12)14-9(13)7(2)11/h7H,5-6,11H2,1-4H3/t7-/m0/s1. The Morgan fingerprint density at radius 2 is 1.93 bits per heavy atom. The summed E-state index contributed by atoms with van der Waals surface area (Å²) in [6, 6.07) is -0.747. The van der Waals surface area contributed by atoms with Gasteiger partial charge in [-0.05, 0) is 12.3 Å². The van der Waals surface area contributed by atoms with Gasteiger partial charge in [0.25, 0.3) is 0 Å². The summed E-state index contributed by atoms with van der Waals surface area (Å²) in [4.78, 5) is 22.2. The van der Waals surface area contributed by atoms with Crippen LogP contribution in [0, 0.1) is 5.41 Å². The highest BCUT2D eigenvalue weighted by Gasteiger charge is 2.23. The average Bonchev–Trinajstić information content (AvgIpc) is 2.02. The summed E-state index contributed by atoms with van der Waals surface area (Å²) >= 11 is 0. The molecule has 0 bridgehead atoms. The number of esters is 2. The van der Waals surface area contributed by atoms with Crippen molar-refractivity contribution in [1.82, 2.24) is 0 Å². The third-order valence-corrected chi connectivity index (χ3v) is 2.17. The van der Waals surface area contributed by atoms with Gasteiger partial charge in [-0.25, -0.2) is 4.79 Å². The summed E-state index contributed by atoms with van der Waals surface area (Å²) in [5, 5.41) is 0. The summed E-state index contributed by atoms with van der Waals surface area (Å²) in [6.07, 6.45) is 1.09. The first-order valence-electron chi connectivity index (χ1n) is 4.78. The van der Waals surface area contributed by atoms with Crippen LogP contribution in [0.2, 0.25) is 0 Å². The largest absolute Gasteiger partial charge is 0.392 e. The quantitative estimate of drug-likeness (QED) is 0.548. The molecule has 0 saturated heterocycles. The van der Waals surface area contributed by atoms with Crippen molar-refractivity contribution in [2.24, 2.45) is 11.1 Å². The van der Waals surface area contributed by atoms with Gasteiger partial charge in [-0.2, -0.15) is 0 Å². The van der Waals surface area contributed by atoms with Gasteiger partial charge in [0, 0.05) is 0 Å². The van der Waals surface area contributed by atoms with E-state index < -0.39 is 18.0 Å². The van der Waals surface area contributed by atoms with E-state index in [1.807, 2.05) is 20.8 Å². The van der Waals surface area contributed by atoms with Crippen LogP contribution in [0.3, 0.4) is 0 Å². The van der Waals surface area contributed by atoms with E-state index in [0.29, 0.717) is 0 Å². The second-order valence-corrected chi connectivity index (χ2v) is 4.28.